The fourth-order valence-corrected chi connectivity index (χ4v) is 2.57. The first-order valence-electron chi connectivity index (χ1n) is 7.75. The van der Waals surface area contributed by atoms with E-state index in [0.29, 0.717) is 11.4 Å². The Labute approximate surface area is 154 Å². The van der Waals surface area contributed by atoms with Crippen LogP contribution in [0.25, 0.3) is 0 Å². The Morgan fingerprint density at radius 3 is 2.46 bits per heavy atom. The van der Waals surface area contributed by atoms with Gasteiger partial charge in [-0.15, -0.1) is 0 Å². The van der Waals surface area contributed by atoms with Crippen LogP contribution in [0.5, 0.6) is 5.75 Å². The minimum absolute atomic E-state index is 0.0335. The molecule has 0 aliphatic rings. The molecule has 0 aromatic heterocycles. The van der Waals surface area contributed by atoms with E-state index >= 15 is 0 Å². The maximum absolute atomic E-state index is 13.8. The van der Waals surface area contributed by atoms with Crippen molar-refractivity contribution < 1.29 is 18.3 Å². The summed E-state index contributed by atoms with van der Waals surface area (Å²) in [6, 6.07) is 16.7. The van der Waals surface area contributed by atoms with Crippen molar-refractivity contribution in [2.45, 2.75) is 6.61 Å². The minimum atomic E-state index is -0.696. The molecule has 0 spiro atoms. The van der Waals surface area contributed by atoms with Gasteiger partial charge in [0.2, 0.25) is 0 Å². The first-order chi connectivity index (χ1) is 12.5. The highest BCUT2D eigenvalue weighted by atomic mass is 35.5. The van der Waals surface area contributed by atoms with E-state index in [9.17, 15) is 13.6 Å². The van der Waals surface area contributed by atoms with E-state index in [4.69, 9.17) is 16.3 Å². The molecule has 0 fully saturated rings. The molecule has 0 bridgehead atoms. The van der Waals surface area contributed by atoms with Gasteiger partial charge in [-0.05, 0) is 42.0 Å². The molecule has 0 saturated heterocycles. The maximum atomic E-state index is 13.8. The third-order valence-corrected chi connectivity index (χ3v) is 3.92. The Kier molecular flexibility index (Phi) is 5.49. The molecule has 3 aromatic rings. The van der Waals surface area contributed by atoms with Gasteiger partial charge in [-0.3, -0.25) is 4.79 Å². The Hall–Kier alpha value is -2.92. The van der Waals surface area contributed by atoms with Crippen molar-refractivity contribution in [3.05, 3.63) is 94.5 Å². The molecule has 3 rings (SSSR count). The van der Waals surface area contributed by atoms with E-state index in [1.54, 1.807) is 36.4 Å². The van der Waals surface area contributed by atoms with Crippen molar-refractivity contribution in [3.8, 4) is 5.75 Å². The maximum Gasteiger partial charge on any atom is 0.260 e. The largest absolute Gasteiger partial charge is 0.489 e. The number of hydrogen-bond donors (Lipinski definition) is 1. The molecule has 1 N–H and O–H groups in total. The summed E-state index contributed by atoms with van der Waals surface area (Å²) in [5.74, 6) is -1.15. The summed E-state index contributed by atoms with van der Waals surface area (Å²) in [5, 5.41) is 2.63. The number of carbonyl (C=O) groups excluding carboxylic acids is 1. The van der Waals surface area contributed by atoms with Gasteiger partial charge >= 0.3 is 0 Å². The molecule has 3 nitrogen and oxygen atoms in total. The highest BCUT2D eigenvalue weighted by molar-refractivity contribution is 6.34. The van der Waals surface area contributed by atoms with Gasteiger partial charge < -0.3 is 10.1 Å². The fourth-order valence-electron chi connectivity index (χ4n) is 2.32. The van der Waals surface area contributed by atoms with E-state index in [0.717, 1.165) is 5.56 Å². The van der Waals surface area contributed by atoms with E-state index in [-0.39, 0.29) is 23.0 Å². The van der Waals surface area contributed by atoms with Crippen molar-refractivity contribution in [3.63, 3.8) is 0 Å². The molecule has 3 aromatic carbocycles. The summed E-state index contributed by atoms with van der Waals surface area (Å²) in [6.45, 7) is 0.247. The summed E-state index contributed by atoms with van der Waals surface area (Å²) < 4.78 is 32.4. The smallest absolute Gasteiger partial charge is 0.260 e. The van der Waals surface area contributed by atoms with Crippen LogP contribution in [-0.2, 0) is 6.61 Å². The van der Waals surface area contributed by atoms with Crippen LogP contribution < -0.4 is 10.1 Å². The van der Waals surface area contributed by atoms with Crippen LogP contribution in [0.15, 0.2) is 66.7 Å². The van der Waals surface area contributed by atoms with E-state index in [1.165, 1.54) is 30.3 Å². The average Bonchev–Trinajstić information content (AvgIpc) is 2.61. The summed E-state index contributed by atoms with van der Waals surface area (Å²) >= 11 is 5.90. The Balaban J connectivity index is 1.69. The number of hydrogen-bond acceptors (Lipinski definition) is 2. The number of anilines is 1. The van der Waals surface area contributed by atoms with Gasteiger partial charge in [0, 0.05) is 11.8 Å². The fraction of sp³-hybridized carbons (Fsp3) is 0.0500. The zero-order valence-corrected chi connectivity index (χ0v) is 14.3. The quantitative estimate of drug-likeness (QED) is 0.645. The topological polar surface area (TPSA) is 38.3 Å². The van der Waals surface area contributed by atoms with Crippen LogP contribution in [0, 0.1) is 11.6 Å². The number of amides is 1. The first-order valence-corrected chi connectivity index (χ1v) is 8.13. The van der Waals surface area contributed by atoms with Crippen molar-refractivity contribution in [1.29, 1.82) is 0 Å². The number of carbonyl (C=O) groups is 1. The van der Waals surface area contributed by atoms with Gasteiger partial charge in [0.25, 0.3) is 5.91 Å². The molecule has 0 saturated carbocycles. The molecule has 0 radical (unpaired) electrons. The van der Waals surface area contributed by atoms with Crippen LogP contribution in [0.1, 0.15) is 15.9 Å². The molecular weight excluding hydrogens is 360 g/mol. The molecule has 0 aliphatic heterocycles. The molecule has 26 heavy (non-hydrogen) atoms. The number of rotatable bonds is 5. The molecule has 0 atom stereocenters. The number of ether oxygens (including phenoxy) is 1. The third kappa shape index (κ3) is 4.37. The van der Waals surface area contributed by atoms with Crippen molar-refractivity contribution >= 4 is 23.2 Å². The van der Waals surface area contributed by atoms with Crippen molar-refractivity contribution in [2.75, 3.05) is 5.32 Å². The Morgan fingerprint density at radius 1 is 1.00 bits per heavy atom. The third-order valence-electron chi connectivity index (χ3n) is 3.60. The summed E-state index contributed by atoms with van der Waals surface area (Å²) in [4.78, 5) is 12.3. The van der Waals surface area contributed by atoms with Crippen LogP contribution in [-0.4, -0.2) is 5.91 Å². The van der Waals surface area contributed by atoms with E-state index in [1.807, 2.05) is 0 Å². The molecule has 0 unspecified atom stereocenters. The highest BCUT2D eigenvalue weighted by Gasteiger charge is 2.16. The van der Waals surface area contributed by atoms with Crippen molar-refractivity contribution in [1.82, 2.24) is 0 Å². The van der Waals surface area contributed by atoms with Gasteiger partial charge in [0.1, 0.15) is 24.0 Å². The van der Waals surface area contributed by atoms with Crippen LogP contribution in [0.3, 0.4) is 0 Å². The van der Waals surface area contributed by atoms with Gasteiger partial charge in [0.05, 0.1) is 10.6 Å². The van der Waals surface area contributed by atoms with Crippen LogP contribution >= 0.6 is 11.6 Å². The predicted molar refractivity (Wildman–Crippen MR) is 96.5 cm³/mol. The summed E-state index contributed by atoms with van der Waals surface area (Å²) in [6.07, 6.45) is 0. The SMILES string of the molecule is O=C(Nc1cccc(OCc2ccc(F)cc2)c1)c1c(F)cccc1Cl. The van der Waals surface area contributed by atoms with Gasteiger partial charge in [-0.2, -0.15) is 0 Å². The lowest BCUT2D eigenvalue weighted by molar-refractivity contribution is 0.102. The molecule has 1 amide bonds. The molecule has 132 valence electrons. The monoisotopic (exact) mass is 373 g/mol. The first kappa shape index (κ1) is 17.9. The number of nitrogens with one attached hydrogen (secondary N) is 1. The van der Waals surface area contributed by atoms with Crippen molar-refractivity contribution in [2.24, 2.45) is 0 Å². The lowest BCUT2D eigenvalue weighted by Crippen LogP contribution is -2.14. The van der Waals surface area contributed by atoms with Gasteiger partial charge in [-0.25, -0.2) is 8.78 Å². The normalized spacial score (nSPS) is 10.4. The predicted octanol–water partition coefficient (Wildman–Crippen LogP) is 5.45. The Morgan fingerprint density at radius 2 is 1.73 bits per heavy atom. The average molecular weight is 374 g/mol. The molecule has 6 heteroatoms. The standard InChI is InChI=1S/C20H14ClF2NO2/c21-17-5-2-6-18(23)19(17)20(25)24-15-3-1-4-16(11-15)26-12-13-7-9-14(22)10-8-13/h1-11H,12H2,(H,24,25). The van der Waals surface area contributed by atoms with E-state index in [2.05, 4.69) is 5.32 Å². The van der Waals surface area contributed by atoms with Gasteiger partial charge in [0.15, 0.2) is 0 Å². The number of benzene rings is 3. The Bertz CT molecular complexity index is 909. The van der Waals surface area contributed by atoms with Crippen LogP contribution in [0.2, 0.25) is 5.02 Å². The lowest BCUT2D eigenvalue weighted by atomic mass is 10.2. The second-order valence-corrected chi connectivity index (χ2v) is 5.90. The molecular formula is C20H14ClF2NO2. The van der Waals surface area contributed by atoms with Crippen LogP contribution in [0.4, 0.5) is 14.5 Å². The molecule has 0 aliphatic carbocycles. The zero-order chi connectivity index (χ0) is 18.5. The lowest BCUT2D eigenvalue weighted by Gasteiger charge is -2.10. The highest BCUT2D eigenvalue weighted by Crippen LogP contribution is 2.23. The van der Waals surface area contributed by atoms with E-state index < -0.39 is 11.7 Å². The van der Waals surface area contributed by atoms with Gasteiger partial charge in [-0.1, -0.05) is 35.9 Å². The second kappa shape index (κ2) is 7.97. The second-order valence-electron chi connectivity index (χ2n) is 5.49. The summed E-state index contributed by atoms with van der Waals surface area (Å²) in [5.41, 5.74) is 1.02. The minimum Gasteiger partial charge on any atom is -0.489 e. The summed E-state index contributed by atoms with van der Waals surface area (Å²) in [7, 11) is 0. The molecule has 0 heterocycles. The number of halogens is 3. The zero-order valence-electron chi connectivity index (χ0n) is 13.5.